The number of benzene rings is 2. The van der Waals surface area contributed by atoms with Crippen LogP contribution in [0.5, 0.6) is 11.5 Å². The fraction of sp³-hybridized carbons (Fsp3) is 0.211. The number of ether oxygens (including phenoxy) is 2. The van der Waals surface area contributed by atoms with Crippen molar-refractivity contribution >= 4 is 28.4 Å². The molecule has 0 fully saturated rings. The molecule has 138 valence electrons. The largest absolute Gasteiger partial charge is 0.486 e. The minimum absolute atomic E-state index is 0.140. The second-order valence-electron chi connectivity index (χ2n) is 6.14. The molecular weight excluding hydrogens is 370 g/mol. The van der Waals surface area contributed by atoms with Crippen molar-refractivity contribution in [3.05, 3.63) is 64.2 Å². The Labute approximate surface area is 159 Å². The van der Waals surface area contributed by atoms with Crippen LogP contribution in [0, 0.1) is 0 Å². The molecule has 0 radical (unpaired) electrons. The monoisotopic (exact) mass is 385 g/mol. The topological polar surface area (TPSA) is 82.5 Å². The molecule has 0 saturated heterocycles. The molecule has 2 aromatic carbocycles. The van der Waals surface area contributed by atoms with E-state index in [9.17, 15) is 9.59 Å². The third-order valence-electron chi connectivity index (χ3n) is 4.19. The van der Waals surface area contributed by atoms with E-state index in [0.29, 0.717) is 34.0 Å². The smallest absolute Gasteiger partial charge is 0.261 e. The van der Waals surface area contributed by atoms with Gasteiger partial charge in [0.15, 0.2) is 11.5 Å². The van der Waals surface area contributed by atoms with E-state index in [1.807, 2.05) is 24.3 Å². The molecule has 1 aliphatic rings. The first kappa shape index (κ1) is 17.4. The third-order valence-corrected chi connectivity index (χ3v) is 4.43. The molecule has 8 heteroatoms. The molecule has 1 aliphatic heterocycles. The number of halogens is 1. The van der Waals surface area contributed by atoms with E-state index in [2.05, 4.69) is 10.3 Å². The highest BCUT2D eigenvalue weighted by atomic mass is 35.5. The minimum Gasteiger partial charge on any atom is -0.486 e. The lowest BCUT2D eigenvalue weighted by atomic mass is 10.2. The molecule has 4 rings (SSSR count). The van der Waals surface area contributed by atoms with Gasteiger partial charge in [-0.3, -0.25) is 14.2 Å². The Morgan fingerprint density at radius 2 is 2.07 bits per heavy atom. The number of fused-ring (bicyclic) bond motifs is 2. The van der Waals surface area contributed by atoms with Crippen molar-refractivity contribution in [1.29, 1.82) is 0 Å². The van der Waals surface area contributed by atoms with E-state index in [0.717, 1.165) is 0 Å². The van der Waals surface area contributed by atoms with Gasteiger partial charge in [-0.1, -0.05) is 23.7 Å². The Bertz CT molecular complexity index is 1070. The van der Waals surface area contributed by atoms with Crippen molar-refractivity contribution in [2.75, 3.05) is 13.2 Å². The summed E-state index contributed by atoms with van der Waals surface area (Å²) in [6.07, 6.45) is 1.06. The highest BCUT2D eigenvalue weighted by molar-refractivity contribution is 6.31. The maximum atomic E-state index is 12.5. The van der Waals surface area contributed by atoms with Gasteiger partial charge in [-0.05, 0) is 30.3 Å². The molecule has 1 N–H and O–H groups in total. The van der Waals surface area contributed by atoms with Crippen LogP contribution in [0.25, 0.3) is 10.9 Å². The van der Waals surface area contributed by atoms with E-state index < -0.39 is 0 Å². The molecule has 27 heavy (non-hydrogen) atoms. The van der Waals surface area contributed by atoms with Gasteiger partial charge in [0, 0.05) is 5.02 Å². The van der Waals surface area contributed by atoms with E-state index in [-0.39, 0.29) is 30.7 Å². The lowest BCUT2D eigenvalue weighted by Gasteiger charge is -2.26. The Balaban J connectivity index is 1.39. The quantitative estimate of drug-likeness (QED) is 0.742. The fourth-order valence-electron chi connectivity index (χ4n) is 2.85. The van der Waals surface area contributed by atoms with E-state index in [1.165, 1.54) is 10.9 Å². The number of para-hydroxylation sites is 2. The second-order valence-corrected chi connectivity index (χ2v) is 6.58. The average molecular weight is 386 g/mol. The van der Waals surface area contributed by atoms with Crippen molar-refractivity contribution < 1.29 is 14.3 Å². The molecule has 0 spiro atoms. The summed E-state index contributed by atoms with van der Waals surface area (Å²) in [4.78, 5) is 28.9. The molecule has 0 saturated carbocycles. The van der Waals surface area contributed by atoms with Crippen molar-refractivity contribution in [1.82, 2.24) is 14.9 Å². The summed E-state index contributed by atoms with van der Waals surface area (Å²) in [5.41, 5.74) is 0.219. The van der Waals surface area contributed by atoms with E-state index in [1.54, 1.807) is 18.2 Å². The van der Waals surface area contributed by atoms with Crippen LogP contribution in [-0.4, -0.2) is 34.7 Å². The first-order valence-electron chi connectivity index (χ1n) is 8.40. The number of carbonyl (C=O) groups excluding carboxylic acids is 1. The zero-order chi connectivity index (χ0) is 18.8. The van der Waals surface area contributed by atoms with Crippen molar-refractivity contribution in [3.63, 3.8) is 0 Å². The van der Waals surface area contributed by atoms with Gasteiger partial charge in [0.1, 0.15) is 19.3 Å². The first-order valence-corrected chi connectivity index (χ1v) is 8.78. The lowest BCUT2D eigenvalue weighted by Crippen LogP contribution is -2.42. The Morgan fingerprint density at radius 1 is 1.26 bits per heavy atom. The number of nitrogens with one attached hydrogen (secondary N) is 1. The predicted molar refractivity (Wildman–Crippen MR) is 100 cm³/mol. The molecule has 7 nitrogen and oxygen atoms in total. The van der Waals surface area contributed by atoms with E-state index >= 15 is 0 Å². The molecule has 2 heterocycles. The Kier molecular flexibility index (Phi) is 4.68. The number of aromatic nitrogens is 2. The molecule has 1 atom stereocenters. The molecule has 0 aliphatic carbocycles. The molecule has 0 unspecified atom stereocenters. The Morgan fingerprint density at radius 3 is 2.93 bits per heavy atom. The zero-order valence-electron chi connectivity index (χ0n) is 14.2. The number of hydrogen-bond acceptors (Lipinski definition) is 5. The third kappa shape index (κ3) is 3.73. The molecule has 1 aromatic heterocycles. The molecule has 0 bridgehead atoms. The van der Waals surface area contributed by atoms with Gasteiger partial charge in [0.05, 0.1) is 23.8 Å². The van der Waals surface area contributed by atoms with E-state index in [4.69, 9.17) is 21.1 Å². The van der Waals surface area contributed by atoms with Gasteiger partial charge >= 0.3 is 0 Å². The van der Waals surface area contributed by atoms with Gasteiger partial charge < -0.3 is 14.8 Å². The molecule has 3 aromatic rings. The van der Waals surface area contributed by atoms with Crippen LogP contribution in [0.15, 0.2) is 53.6 Å². The van der Waals surface area contributed by atoms with Gasteiger partial charge in [-0.2, -0.15) is 0 Å². The predicted octanol–water partition coefficient (Wildman–Crippen LogP) is 2.01. The summed E-state index contributed by atoms with van der Waals surface area (Å²) >= 11 is 5.94. The van der Waals surface area contributed by atoms with Crippen LogP contribution in [0.3, 0.4) is 0 Å². The second kappa shape index (κ2) is 7.28. The van der Waals surface area contributed by atoms with Crippen molar-refractivity contribution in [2.24, 2.45) is 0 Å². The van der Waals surface area contributed by atoms with Gasteiger partial charge in [0.25, 0.3) is 5.56 Å². The van der Waals surface area contributed by atoms with Crippen LogP contribution in [0.2, 0.25) is 5.02 Å². The fourth-order valence-corrected chi connectivity index (χ4v) is 3.02. The van der Waals surface area contributed by atoms with Crippen LogP contribution >= 0.6 is 11.6 Å². The van der Waals surface area contributed by atoms with Crippen molar-refractivity contribution in [3.8, 4) is 11.5 Å². The number of carbonyl (C=O) groups is 1. The van der Waals surface area contributed by atoms with Crippen LogP contribution in [0.4, 0.5) is 0 Å². The summed E-state index contributed by atoms with van der Waals surface area (Å²) in [6, 6.07) is 12.2. The highest BCUT2D eigenvalue weighted by Crippen LogP contribution is 2.30. The standard InChI is InChI=1S/C19H16ClN3O4/c20-12-5-6-15-14(7-12)19(25)23(11-22-15)9-18(24)21-8-13-10-26-16-3-1-2-4-17(16)27-13/h1-7,11,13H,8-10H2,(H,21,24)/t13-/m1/s1. The van der Waals surface area contributed by atoms with Gasteiger partial charge in [0.2, 0.25) is 5.91 Å². The van der Waals surface area contributed by atoms with Crippen molar-refractivity contribution in [2.45, 2.75) is 12.6 Å². The molecule has 1 amide bonds. The van der Waals surface area contributed by atoms with Crippen LogP contribution < -0.4 is 20.3 Å². The maximum Gasteiger partial charge on any atom is 0.261 e. The zero-order valence-corrected chi connectivity index (χ0v) is 15.0. The summed E-state index contributed by atoms with van der Waals surface area (Å²) in [5, 5.41) is 3.58. The lowest BCUT2D eigenvalue weighted by molar-refractivity contribution is -0.122. The van der Waals surface area contributed by atoms with Gasteiger partial charge in [-0.25, -0.2) is 4.98 Å². The van der Waals surface area contributed by atoms with Crippen LogP contribution in [-0.2, 0) is 11.3 Å². The summed E-state index contributed by atoms with van der Waals surface area (Å²) in [7, 11) is 0. The maximum absolute atomic E-state index is 12.5. The number of hydrogen-bond donors (Lipinski definition) is 1. The summed E-state index contributed by atoms with van der Waals surface area (Å²) in [5.74, 6) is 1.02. The number of nitrogens with zero attached hydrogens (tertiary/aromatic N) is 2. The summed E-state index contributed by atoms with van der Waals surface area (Å²) < 4.78 is 12.7. The summed E-state index contributed by atoms with van der Waals surface area (Å²) in [6.45, 7) is 0.473. The first-order chi connectivity index (χ1) is 13.1. The Hall–Kier alpha value is -3.06. The average Bonchev–Trinajstić information content (AvgIpc) is 2.69. The normalized spacial score (nSPS) is 15.5. The molecular formula is C19H16ClN3O4. The number of rotatable bonds is 4. The highest BCUT2D eigenvalue weighted by Gasteiger charge is 2.21. The van der Waals surface area contributed by atoms with Gasteiger partial charge in [-0.15, -0.1) is 0 Å². The van der Waals surface area contributed by atoms with Crippen LogP contribution in [0.1, 0.15) is 0 Å². The number of amides is 1. The SMILES string of the molecule is O=C(Cn1cnc2ccc(Cl)cc2c1=O)NC[C@@H]1COc2ccccc2O1. The minimum atomic E-state index is -0.317.